The molecule has 0 bridgehead atoms. The zero-order chi connectivity index (χ0) is 35.7. The van der Waals surface area contributed by atoms with Crippen LogP contribution in [-0.4, -0.2) is 49.3 Å². The van der Waals surface area contributed by atoms with Crippen LogP contribution < -0.4 is 0 Å². The standard InChI is InChI=1S/C14H24N2O2.2C11H13N.F6P.Ir/c17-14(18)6-3-4-11-7-9-16-13(10-11)12-5-1-2-8-15-12;2*1-2-6-10(7-3-1)11-8-4-5-9-12-11;1-7(2,3,4,5)6;/h11-13H,1-10H2,(H,17,18);2*1-3,6,11H,4-5,8-9H2;;/q-2;3*-1;. The van der Waals surface area contributed by atoms with Gasteiger partial charge in [0.15, 0.2) is 0 Å². The second-order valence-electron chi connectivity index (χ2n) is 13.0. The van der Waals surface area contributed by atoms with Crippen LogP contribution in [0, 0.1) is 18.1 Å². The summed E-state index contributed by atoms with van der Waals surface area (Å²) in [7, 11) is -10.7. The van der Waals surface area contributed by atoms with Crippen molar-refractivity contribution in [3.05, 3.63) is 93.1 Å². The van der Waals surface area contributed by atoms with Crippen LogP contribution in [0.15, 0.2) is 48.5 Å². The van der Waals surface area contributed by atoms with Gasteiger partial charge >= 0.3 is 39.0 Å². The molecule has 0 spiro atoms. The predicted molar refractivity (Wildman–Crippen MR) is 186 cm³/mol. The number of halogens is 6. The first kappa shape index (κ1) is 44.6. The first-order chi connectivity index (χ1) is 23.1. The zero-order valence-corrected chi connectivity index (χ0v) is 31.7. The van der Waals surface area contributed by atoms with Crippen molar-refractivity contribution in [2.45, 2.75) is 114 Å². The van der Waals surface area contributed by atoms with Crippen LogP contribution in [0.5, 0.6) is 0 Å². The molecule has 4 heterocycles. The number of hydrogen-bond donors (Lipinski definition) is 1. The van der Waals surface area contributed by atoms with Crippen LogP contribution in [0.25, 0.3) is 21.3 Å². The Morgan fingerprint density at radius 3 is 1.56 bits per heavy atom. The van der Waals surface area contributed by atoms with Crippen LogP contribution in [0.1, 0.15) is 113 Å². The van der Waals surface area contributed by atoms with Crippen molar-refractivity contribution in [2.75, 3.05) is 26.2 Å². The second kappa shape index (κ2) is 21.2. The summed E-state index contributed by atoms with van der Waals surface area (Å²) in [5.74, 6) is -0.00157. The minimum absolute atomic E-state index is 0. The molecule has 14 heteroatoms. The summed E-state index contributed by atoms with van der Waals surface area (Å²) in [4.78, 5) is 10.5. The predicted octanol–water partition coefficient (Wildman–Crippen LogP) is 12.9. The van der Waals surface area contributed by atoms with E-state index in [0.29, 0.717) is 36.5 Å². The fraction of sp³-hybridized carbons (Fsp3) is 0.639. The van der Waals surface area contributed by atoms with Gasteiger partial charge in [-0.25, -0.2) is 0 Å². The molecule has 1 N–H and O–H groups in total. The molecular formula is C36H50F6IrN4O2P-5. The molecule has 0 amide bonds. The molecule has 50 heavy (non-hydrogen) atoms. The molecule has 6 nitrogen and oxygen atoms in total. The Balaban J connectivity index is 0.000000241. The fourth-order valence-electron chi connectivity index (χ4n) is 6.48. The number of hydrogen-bond acceptors (Lipinski definition) is 1. The molecule has 4 saturated heterocycles. The van der Waals surface area contributed by atoms with Gasteiger partial charge in [0.25, 0.3) is 0 Å². The van der Waals surface area contributed by atoms with E-state index in [1.165, 1.54) is 68.9 Å². The maximum Gasteiger partial charge on any atom is 0.303 e. The molecule has 4 aliphatic heterocycles. The van der Waals surface area contributed by atoms with Gasteiger partial charge in [0.05, 0.1) is 0 Å². The van der Waals surface area contributed by atoms with Gasteiger partial charge < -0.3 is 26.4 Å². The quantitative estimate of drug-likeness (QED) is 0.221. The van der Waals surface area contributed by atoms with Crippen molar-refractivity contribution in [3.8, 4) is 0 Å². The maximum atomic E-state index is 10.5. The Kier molecular flexibility index (Phi) is 18.9. The molecule has 5 atom stereocenters. The number of rotatable bonds is 7. The molecule has 287 valence electrons. The van der Waals surface area contributed by atoms with E-state index in [1.807, 2.05) is 24.3 Å². The molecule has 5 unspecified atom stereocenters. The molecular weight excluding hydrogens is 858 g/mol. The Bertz CT molecular complexity index is 1140. The molecule has 2 aromatic carbocycles. The fourth-order valence-corrected chi connectivity index (χ4v) is 6.48. The second-order valence-corrected chi connectivity index (χ2v) is 15.0. The van der Waals surface area contributed by atoms with Crippen LogP contribution in [-0.2, 0) is 24.9 Å². The van der Waals surface area contributed by atoms with Crippen LogP contribution in [0.3, 0.4) is 0 Å². The number of carboxylic acids is 1. The Labute approximate surface area is 307 Å². The van der Waals surface area contributed by atoms with Crippen LogP contribution in [0.4, 0.5) is 25.2 Å². The van der Waals surface area contributed by atoms with E-state index >= 15 is 0 Å². The molecule has 4 aliphatic rings. The van der Waals surface area contributed by atoms with Crippen LogP contribution >= 0.6 is 7.81 Å². The summed E-state index contributed by atoms with van der Waals surface area (Å²) in [6, 6.07) is 24.6. The van der Waals surface area contributed by atoms with Crippen molar-refractivity contribution in [1.29, 1.82) is 0 Å². The molecule has 0 aromatic heterocycles. The molecule has 6 rings (SSSR count). The summed E-state index contributed by atoms with van der Waals surface area (Å²) in [5, 5.41) is 27.2. The Morgan fingerprint density at radius 2 is 1.16 bits per heavy atom. The molecule has 0 aliphatic carbocycles. The van der Waals surface area contributed by atoms with Crippen molar-refractivity contribution >= 4 is 13.8 Å². The van der Waals surface area contributed by atoms with E-state index in [-0.39, 0.29) is 20.1 Å². The molecule has 0 saturated carbocycles. The van der Waals surface area contributed by atoms with Gasteiger partial charge in [0, 0.05) is 26.5 Å². The topological polar surface area (TPSA) is 93.7 Å². The minimum Gasteiger partial charge on any atom is -0.661 e. The third-order valence-corrected chi connectivity index (χ3v) is 8.85. The first-order valence-corrected chi connectivity index (χ1v) is 19.5. The maximum absolute atomic E-state index is 10.7. The smallest absolute Gasteiger partial charge is 0.303 e. The van der Waals surface area contributed by atoms with Crippen molar-refractivity contribution in [2.24, 2.45) is 5.92 Å². The van der Waals surface area contributed by atoms with Gasteiger partial charge in [-0.3, -0.25) is 4.79 Å². The summed E-state index contributed by atoms with van der Waals surface area (Å²) < 4.78 is 59.2. The van der Waals surface area contributed by atoms with Gasteiger partial charge in [-0.15, -0.1) is 38.3 Å². The number of piperidine rings is 4. The average molecular weight is 908 g/mol. The summed E-state index contributed by atoms with van der Waals surface area (Å²) in [5.41, 5.74) is 2.52. The molecule has 2 aromatic rings. The van der Waals surface area contributed by atoms with E-state index < -0.39 is 13.8 Å². The minimum atomic E-state index is -10.7. The average Bonchev–Trinajstić information content (AvgIpc) is 3.09. The number of benzene rings is 2. The largest absolute Gasteiger partial charge is 0.661 e. The Morgan fingerprint density at radius 1 is 0.680 bits per heavy atom. The van der Waals surface area contributed by atoms with Crippen molar-refractivity contribution in [1.82, 2.24) is 0 Å². The van der Waals surface area contributed by atoms with Gasteiger partial charge in [-0.1, -0.05) is 137 Å². The van der Waals surface area contributed by atoms with Crippen molar-refractivity contribution in [3.63, 3.8) is 0 Å². The third kappa shape index (κ3) is 21.7. The van der Waals surface area contributed by atoms with Gasteiger partial charge in [0.2, 0.25) is 0 Å². The SMILES string of the molecule is F[P-](F)(F)(F)(F)F.O=C(O)CCCC1CC[N-]C(C2CCCC[N-]2)C1.[Ir].[c]1ccccc1C1CCCC[N-]1.[c]1ccccc1C1CCCC[N-]1. The number of nitrogens with zero attached hydrogens (tertiary/aromatic N) is 4. The molecule has 3 radical (unpaired) electrons. The van der Waals surface area contributed by atoms with Crippen molar-refractivity contribution < 1.29 is 55.2 Å². The first-order valence-electron chi connectivity index (χ1n) is 17.5. The van der Waals surface area contributed by atoms with E-state index in [4.69, 9.17) is 15.7 Å². The van der Waals surface area contributed by atoms with Crippen LogP contribution in [0.2, 0.25) is 0 Å². The summed E-state index contributed by atoms with van der Waals surface area (Å²) in [6.45, 7) is 4.04. The summed E-state index contributed by atoms with van der Waals surface area (Å²) >= 11 is 0. The van der Waals surface area contributed by atoms with Gasteiger partial charge in [0.1, 0.15) is 0 Å². The molecule has 4 fully saturated rings. The number of carboxylic acid groups (broad SMARTS) is 1. The van der Waals surface area contributed by atoms with E-state index in [1.54, 1.807) is 0 Å². The third-order valence-electron chi connectivity index (χ3n) is 8.85. The van der Waals surface area contributed by atoms with E-state index in [0.717, 1.165) is 51.9 Å². The van der Waals surface area contributed by atoms with Gasteiger partial charge in [-0.05, 0) is 24.5 Å². The summed E-state index contributed by atoms with van der Waals surface area (Å²) in [6.07, 6.45) is 15.8. The normalized spacial score (nSPS) is 26.6. The zero-order valence-electron chi connectivity index (χ0n) is 28.4. The van der Waals surface area contributed by atoms with Gasteiger partial charge in [-0.2, -0.15) is 12.1 Å². The Hall–Kier alpha value is -1.59. The number of aliphatic carboxylic acids is 1. The monoisotopic (exact) mass is 908 g/mol. The number of carbonyl (C=O) groups is 1. The van der Waals surface area contributed by atoms with E-state index in [2.05, 4.69) is 47.0 Å². The van der Waals surface area contributed by atoms with E-state index in [9.17, 15) is 30.0 Å².